The first kappa shape index (κ1) is 29.2. The number of aliphatic carboxylic acids is 1. The molecule has 4 rings (SSSR count). The average molecular weight is 546 g/mol. The molecule has 1 heterocycles. The number of allylic oxidation sites excluding steroid dienone is 4. The van der Waals surface area contributed by atoms with Gasteiger partial charge in [0.15, 0.2) is 5.69 Å². The predicted octanol–water partition coefficient (Wildman–Crippen LogP) is 0.144. The zero-order valence-corrected chi connectivity index (χ0v) is 22.9. The van der Waals surface area contributed by atoms with Crippen LogP contribution < -0.4 is 39.4 Å². The van der Waals surface area contributed by atoms with Crippen molar-refractivity contribution >= 4 is 21.9 Å². The maximum absolute atomic E-state index is 13.9. The Morgan fingerprint density at radius 3 is 2.49 bits per heavy atom. The molecule has 8 nitrogen and oxygen atoms in total. The van der Waals surface area contributed by atoms with Crippen LogP contribution in [-0.2, 0) is 25.8 Å². The third kappa shape index (κ3) is 6.73. The van der Waals surface area contributed by atoms with E-state index in [9.17, 15) is 36.3 Å². The van der Waals surface area contributed by atoms with Gasteiger partial charge in [-0.1, -0.05) is 17.7 Å². The molecule has 2 aliphatic carbocycles. The minimum atomic E-state index is -4.67. The Hall–Kier alpha value is -2.41. The Kier molecular flexibility index (Phi) is 9.10. The van der Waals surface area contributed by atoms with Gasteiger partial charge in [-0.3, -0.25) is 4.79 Å². The average Bonchev–Trinajstić information content (AvgIpc) is 3.28. The second kappa shape index (κ2) is 11.5. The fourth-order valence-corrected chi connectivity index (χ4v) is 5.62. The van der Waals surface area contributed by atoms with Crippen molar-refractivity contribution in [1.29, 1.82) is 0 Å². The van der Waals surface area contributed by atoms with E-state index in [2.05, 4.69) is 5.10 Å². The molecule has 0 aliphatic heterocycles. The molecule has 0 spiro atoms. The summed E-state index contributed by atoms with van der Waals surface area (Å²) in [7, 11) is -4.30. The molecule has 0 fully saturated rings. The topological polar surface area (TPSA) is 121 Å². The SMILES string of the molecule is O=C([O-])CCC(=O)NS(=O)(=O)c1ccc(-n2cc(C3CCCC4=C3C=CCC4)c(C(F)(F)F)n2)cc1.[Na+]. The first-order valence-electron chi connectivity index (χ1n) is 11.4. The molecule has 13 heteroatoms. The number of nitrogens with one attached hydrogen (secondary N) is 1. The van der Waals surface area contributed by atoms with E-state index in [4.69, 9.17) is 0 Å². The van der Waals surface area contributed by atoms with Gasteiger partial charge in [0.05, 0.1) is 10.6 Å². The van der Waals surface area contributed by atoms with Gasteiger partial charge in [0.1, 0.15) is 0 Å². The summed E-state index contributed by atoms with van der Waals surface area (Å²) in [6.07, 6.45) is 3.32. The number of nitrogens with zero attached hydrogens (tertiary/aromatic N) is 2. The Labute approximate surface area is 234 Å². The van der Waals surface area contributed by atoms with Crippen LogP contribution in [-0.4, -0.2) is 30.1 Å². The maximum atomic E-state index is 13.9. The van der Waals surface area contributed by atoms with Crippen molar-refractivity contribution in [3.63, 3.8) is 0 Å². The number of sulfonamides is 1. The molecule has 1 aromatic heterocycles. The monoisotopic (exact) mass is 545 g/mol. The Balaban J connectivity index is 0.00000380. The van der Waals surface area contributed by atoms with Crippen LogP contribution >= 0.6 is 0 Å². The van der Waals surface area contributed by atoms with Crippen LogP contribution in [0.3, 0.4) is 0 Å². The van der Waals surface area contributed by atoms with E-state index in [0.29, 0.717) is 6.42 Å². The standard InChI is InChI=1S/C24H24F3N3O5S.Na/c25-24(26,27)23-20(19-7-3-5-15-4-1-2-6-18(15)19)14-30(28-23)16-8-10-17(11-9-16)36(34,35)29-21(31)12-13-22(32)33;/h2,6,8-11,14,19H,1,3-5,7,12-13H2,(H,29,31)(H,32,33);/q;+1/p-1. The van der Waals surface area contributed by atoms with Crippen LogP contribution in [0.1, 0.15) is 62.1 Å². The van der Waals surface area contributed by atoms with Gasteiger partial charge in [-0.15, -0.1) is 0 Å². The normalized spacial score (nSPS) is 17.6. The number of hydrogen-bond donors (Lipinski definition) is 1. The van der Waals surface area contributed by atoms with Crippen LogP contribution in [0, 0.1) is 0 Å². The van der Waals surface area contributed by atoms with Crippen LogP contribution in [0.15, 0.2) is 58.7 Å². The van der Waals surface area contributed by atoms with Crippen molar-refractivity contribution < 1.29 is 65.8 Å². The van der Waals surface area contributed by atoms with Crippen LogP contribution in [0.2, 0.25) is 0 Å². The molecular weight excluding hydrogens is 522 g/mol. The summed E-state index contributed by atoms with van der Waals surface area (Å²) in [5, 5.41) is 14.3. The fourth-order valence-electron chi connectivity index (χ4n) is 4.61. The number of carboxylic acid groups (broad SMARTS) is 1. The number of rotatable bonds is 7. The zero-order chi connectivity index (χ0) is 26.1. The van der Waals surface area contributed by atoms with Crippen molar-refractivity contribution in [3.05, 3.63) is 65.0 Å². The molecule has 2 aromatic rings. The molecule has 1 aromatic carbocycles. The van der Waals surface area contributed by atoms with E-state index in [0.717, 1.165) is 48.1 Å². The van der Waals surface area contributed by atoms with Gasteiger partial charge in [-0.25, -0.2) is 17.8 Å². The number of amides is 1. The molecule has 192 valence electrons. The first-order valence-corrected chi connectivity index (χ1v) is 12.8. The van der Waals surface area contributed by atoms with Gasteiger partial charge in [-0.2, -0.15) is 18.3 Å². The van der Waals surface area contributed by atoms with Gasteiger partial charge >= 0.3 is 35.7 Å². The number of alkyl halides is 3. The Bertz CT molecular complexity index is 1350. The van der Waals surface area contributed by atoms with Crippen molar-refractivity contribution in [1.82, 2.24) is 14.5 Å². The molecule has 1 atom stereocenters. The van der Waals surface area contributed by atoms with Crippen LogP contribution in [0.5, 0.6) is 0 Å². The van der Waals surface area contributed by atoms with E-state index in [1.165, 1.54) is 23.9 Å². The zero-order valence-electron chi connectivity index (χ0n) is 20.0. The minimum absolute atomic E-state index is 0. The van der Waals surface area contributed by atoms with E-state index in [-0.39, 0.29) is 45.7 Å². The van der Waals surface area contributed by atoms with Crippen LogP contribution in [0.25, 0.3) is 5.69 Å². The molecule has 37 heavy (non-hydrogen) atoms. The van der Waals surface area contributed by atoms with Gasteiger partial charge in [-0.05, 0) is 68.4 Å². The second-order valence-electron chi connectivity index (χ2n) is 8.71. The van der Waals surface area contributed by atoms with E-state index < -0.39 is 52.5 Å². The number of carbonyl (C=O) groups is 2. The molecule has 0 saturated heterocycles. The molecule has 1 amide bonds. The summed E-state index contributed by atoms with van der Waals surface area (Å²) < 4.78 is 69.4. The summed E-state index contributed by atoms with van der Waals surface area (Å²) in [6, 6.07) is 4.82. The van der Waals surface area contributed by atoms with Gasteiger partial charge in [0, 0.05) is 30.1 Å². The number of aromatic nitrogens is 2. The molecule has 2 aliphatic rings. The Morgan fingerprint density at radius 1 is 1.14 bits per heavy atom. The quantitative estimate of drug-likeness (QED) is 0.495. The summed E-state index contributed by atoms with van der Waals surface area (Å²) in [5.74, 6) is -2.94. The summed E-state index contributed by atoms with van der Waals surface area (Å²) in [5.41, 5.74) is 1.42. The van der Waals surface area contributed by atoms with Crippen molar-refractivity contribution in [3.8, 4) is 5.69 Å². The summed E-state index contributed by atoms with van der Waals surface area (Å²) >= 11 is 0. The molecule has 1 unspecified atom stereocenters. The van der Waals surface area contributed by atoms with Gasteiger partial charge in [0.2, 0.25) is 5.91 Å². The van der Waals surface area contributed by atoms with Gasteiger partial charge in [0.25, 0.3) is 10.0 Å². The molecular formula is C24H23F3N3NaO5S. The summed E-state index contributed by atoms with van der Waals surface area (Å²) in [4.78, 5) is 21.8. The van der Waals surface area contributed by atoms with Crippen molar-refractivity contribution in [2.75, 3.05) is 0 Å². The number of hydrogen-bond acceptors (Lipinski definition) is 6. The largest absolute Gasteiger partial charge is 1.00 e. The number of carbonyl (C=O) groups excluding carboxylic acids is 2. The third-order valence-electron chi connectivity index (χ3n) is 6.27. The number of carboxylic acids is 1. The second-order valence-corrected chi connectivity index (χ2v) is 10.4. The minimum Gasteiger partial charge on any atom is -0.550 e. The van der Waals surface area contributed by atoms with E-state index in [1.807, 2.05) is 12.2 Å². The molecule has 0 saturated carbocycles. The number of benzene rings is 1. The first-order chi connectivity index (χ1) is 17.0. The molecule has 1 N–H and O–H groups in total. The summed E-state index contributed by atoms with van der Waals surface area (Å²) in [6.45, 7) is 0. The molecule has 0 radical (unpaired) electrons. The third-order valence-corrected chi connectivity index (χ3v) is 7.66. The van der Waals surface area contributed by atoms with Gasteiger partial charge < -0.3 is 9.90 Å². The van der Waals surface area contributed by atoms with Crippen molar-refractivity contribution in [2.24, 2.45) is 0 Å². The predicted molar refractivity (Wildman–Crippen MR) is 120 cm³/mol. The number of halogens is 3. The Morgan fingerprint density at radius 2 is 1.84 bits per heavy atom. The molecule has 0 bridgehead atoms. The van der Waals surface area contributed by atoms with Crippen LogP contribution in [0.4, 0.5) is 13.2 Å². The fraction of sp³-hybridized carbons (Fsp3) is 0.375. The van der Waals surface area contributed by atoms with E-state index in [1.54, 1.807) is 4.72 Å². The van der Waals surface area contributed by atoms with Crippen molar-refractivity contribution in [2.45, 2.75) is 61.9 Å². The maximum Gasteiger partial charge on any atom is 1.00 e. The van der Waals surface area contributed by atoms with E-state index >= 15 is 0 Å². The smallest absolute Gasteiger partial charge is 0.550 e.